The Hall–Kier alpha value is -1.47. The Bertz CT molecular complexity index is 721. The van der Waals surface area contributed by atoms with E-state index in [1.54, 1.807) is 18.2 Å². The maximum atomic E-state index is 12.4. The second kappa shape index (κ2) is 6.75. The summed E-state index contributed by atoms with van der Waals surface area (Å²) in [5.74, 6) is 0.996. The van der Waals surface area contributed by atoms with Gasteiger partial charge in [-0.15, -0.1) is 0 Å². The topological polar surface area (TPSA) is 47.6 Å². The van der Waals surface area contributed by atoms with Gasteiger partial charge in [-0.05, 0) is 34.7 Å². The molecule has 0 radical (unpaired) electrons. The molecular weight excluding hydrogens is 417 g/mol. The smallest absolute Gasteiger partial charge is 0.256 e. The fourth-order valence-corrected chi connectivity index (χ4v) is 2.95. The summed E-state index contributed by atoms with van der Waals surface area (Å²) in [6.45, 7) is 1.18. The molecule has 0 atom stereocenters. The first-order valence-corrected chi connectivity index (χ1v) is 8.26. The van der Waals surface area contributed by atoms with Crippen LogP contribution in [0.15, 0.2) is 36.4 Å². The van der Waals surface area contributed by atoms with Gasteiger partial charge in [-0.3, -0.25) is 4.79 Å². The lowest BCUT2D eigenvalue weighted by Crippen LogP contribution is -2.13. The average Bonchev–Trinajstić information content (AvgIpc) is 2.73. The number of benzene rings is 2. The molecule has 0 bridgehead atoms. The van der Waals surface area contributed by atoms with E-state index in [1.807, 2.05) is 18.2 Å². The highest BCUT2D eigenvalue weighted by atomic mass is 127. The minimum absolute atomic E-state index is 0.207. The molecule has 1 aliphatic rings. The van der Waals surface area contributed by atoms with Gasteiger partial charge in [0.2, 0.25) is 0 Å². The SMILES string of the molecule is O=C(Nc1cc2c(cc1Cl)OCCCO2)c1ccccc1I. The number of amides is 1. The highest BCUT2D eigenvalue weighted by Crippen LogP contribution is 2.37. The van der Waals surface area contributed by atoms with Crippen LogP contribution in [0.3, 0.4) is 0 Å². The molecule has 2 aromatic rings. The van der Waals surface area contributed by atoms with Gasteiger partial charge in [0.15, 0.2) is 11.5 Å². The lowest BCUT2D eigenvalue weighted by atomic mass is 10.2. The van der Waals surface area contributed by atoms with E-state index in [9.17, 15) is 4.79 Å². The Morgan fingerprint density at radius 2 is 1.82 bits per heavy atom. The molecule has 22 heavy (non-hydrogen) atoms. The first kappa shape index (κ1) is 15.4. The molecular formula is C16H13ClINO3. The molecule has 6 heteroatoms. The first-order chi connectivity index (χ1) is 10.6. The number of carbonyl (C=O) groups excluding carboxylic acids is 1. The number of halogens is 2. The van der Waals surface area contributed by atoms with Crippen molar-refractivity contribution in [3.63, 3.8) is 0 Å². The van der Waals surface area contributed by atoms with Crippen molar-refractivity contribution in [2.24, 2.45) is 0 Å². The average molecular weight is 430 g/mol. The number of ether oxygens (including phenoxy) is 2. The van der Waals surface area contributed by atoms with Crippen molar-refractivity contribution in [3.05, 3.63) is 50.6 Å². The molecule has 4 nitrogen and oxygen atoms in total. The minimum Gasteiger partial charge on any atom is -0.490 e. The van der Waals surface area contributed by atoms with Crippen molar-refractivity contribution in [3.8, 4) is 11.5 Å². The first-order valence-electron chi connectivity index (χ1n) is 6.80. The third-order valence-electron chi connectivity index (χ3n) is 3.20. The minimum atomic E-state index is -0.207. The fourth-order valence-electron chi connectivity index (χ4n) is 2.11. The van der Waals surface area contributed by atoms with Crippen molar-refractivity contribution in [2.45, 2.75) is 6.42 Å². The van der Waals surface area contributed by atoms with Gasteiger partial charge < -0.3 is 14.8 Å². The van der Waals surface area contributed by atoms with Gasteiger partial charge in [0, 0.05) is 22.1 Å². The maximum absolute atomic E-state index is 12.4. The quantitative estimate of drug-likeness (QED) is 0.722. The van der Waals surface area contributed by atoms with Crippen LogP contribution in [-0.4, -0.2) is 19.1 Å². The third-order valence-corrected chi connectivity index (χ3v) is 4.46. The summed E-state index contributed by atoms with van der Waals surface area (Å²) >= 11 is 8.36. The summed E-state index contributed by atoms with van der Waals surface area (Å²) in [6, 6.07) is 10.7. The molecule has 1 N–H and O–H groups in total. The second-order valence-corrected chi connectivity index (χ2v) is 6.33. The fraction of sp³-hybridized carbons (Fsp3) is 0.188. The normalized spacial score (nSPS) is 13.4. The molecule has 0 saturated carbocycles. The van der Waals surface area contributed by atoms with Gasteiger partial charge >= 0.3 is 0 Å². The van der Waals surface area contributed by atoms with Gasteiger partial charge in [0.1, 0.15) is 0 Å². The van der Waals surface area contributed by atoms with Crippen LogP contribution < -0.4 is 14.8 Å². The number of rotatable bonds is 2. The lowest BCUT2D eigenvalue weighted by molar-refractivity contribution is 0.102. The molecule has 114 valence electrons. The molecule has 1 heterocycles. The van der Waals surface area contributed by atoms with Gasteiger partial charge in [0.25, 0.3) is 5.91 Å². The van der Waals surface area contributed by atoms with E-state index in [0.717, 1.165) is 9.99 Å². The Morgan fingerprint density at radius 1 is 1.14 bits per heavy atom. The maximum Gasteiger partial charge on any atom is 0.256 e. The standard InChI is InChI=1S/C16H13ClINO3/c17-11-8-14-15(22-7-3-6-21-14)9-13(11)19-16(20)10-4-1-2-5-12(10)18/h1-2,4-5,8-9H,3,6-7H2,(H,19,20). The van der Waals surface area contributed by atoms with Crippen LogP contribution >= 0.6 is 34.2 Å². The summed E-state index contributed by atoms with van der Waals surface area (Å²) in [4.78, 5) is 12.4. The highest BCUT2D eigenvalue weighted by Gasteiger charge is 2.17. The molecule has 1 amide bonds. The van der Waals surface area contributed by atoms with Crippen molar-refractivity contribution < 1.29 is 14.3 Å². The largest absolute Gasteiger partial charge is 0.490 e. The van der Waals surface area contributed by atoms with Crippen molar-refractivity contribution in [1.82, 2.24) is 0 Å². The highest BCUT2D eigenvalue weighted by molar-refractivity contribution is 14.1. The Kier molecular flexibility index (Phi) is 4.73. The van der Waals surface area contributed by atoms with Crippen LogP contribution in [0, 0.1) is 3.57 Å². The van der Waals surface area contributed by atoms with Crippen molar-refractivity contribution >= 4 is 45.8 Å². The van der Waals surface area contributed by atoms with Gasteiger partial charge in [-0.25, -0.2) is 0 Å². The van der Waals surface area contributed by atoms with Gasteiger partial charge in [-0.1, -0.05) is 23.7 Å². The number of anilines is 1. The Balaban J connectivity index is 1.88. The summed E-state index contributed by atoms with van der Waals surface area (Å²) in [6.07, 6.45) is 0.816. The molecule has 0 aliphatic carbocycles. The third kappa shape index (κ3) is 3.30. The van der Waals surface area contributed by atoms with Gasteiger partial charge in [0.05, 0.1) is 29.5 Å². The summed E-state index contributed by atoms with van der Waals surface area (Å²) in [7, 11) is 0. The zero-order valence-corrected chi connectivity index (χ0v) is 14.5. The number of carbonyl (C=O) groups is 1. The van der Waals surface area contributed by atoms with Gasteiger partial charge in [-0.2, -0.15) is 0 Å². The van der Waals surface area contributed by atoms with Crippen LogP contribution in [0.1, 0.15) is 16.8 Å². The van der Waals surface area contributed by atoms with Crippen molar-refractivity contribution in [1.29, 1.82) is 0 Å². The molecule has 0 aromatic heterocycles. The number of fused-ring (bicyclic) bond motifs is 1. The number of hydrogen-bond acceptors (Lipinski definition) is 3. The van der Waals surface area contributed by atoms with Crippen LogP contribution in [-0.2, 0) is 0 Å². The second-order valence-electron chi connectivity index (χ2n) is 4.76. The molecule has 0 saturated heterocycles. The van der Waals surface area contributed by atoms with Crippen LogP contribution in [0.25, 0.3) is 0 Å². The van der Waals surface area contributed by atoms with Crippen LogP contribution in [0.5, 0.6) is 11.5 Å². The Morgan fingerprint density at radius 3 is 2.55 bits per heavy atom. The zero-order valence-electron chi connectivity index (χ0n) is 11.6. The van der Waals surface area contributed by atoms with Crippen molar-refractivity contribution in [2.75, 3.05) is 18.5 Å². The van der Waals surface area contributed by atoms with E-state index < -0.39 is 0 Å². The molecule has 1 aliphatic heterocycles. The molecule has 3 rings (SSSR count). The molecule has 0 spiro atoms. The Labute approximate surface area is 146 Å². The van der Waals surface area contributed by atoms with E-state index in [2.05, 4.69) is 27.9 Å². The van der Waals surface area contributed by atoms with E-state index in [4.69, 9.17) is 21.1 Å². The van der Waals surface area contributed by atoms with Crippen LogP contribution in [0.4, 0.5) is 5.69 Å². The number of nitrogens with one attached hydrogen (secondary N) is 1. The van der Waals surface area contributed by atoms with E-state index in [0.29, 0.717) is 41.0 Å². The predicted octanol–water partition coefficient (Wildman–Crippen LogP) is 4.36. The molecule has 2 aromatic carbocycles. The van der Waals surface area contributed by atoms with E-state index in [1.165, 1.54) is 0 Å². The summed E-state index contributed by atoms with van der Waals surface area (Å²) in [5, 5.41) is 3.25. The van der Waals surface area contributed by atoms with E-state index >= 15 is 0 Å². The monoisotopic (exact) mass is 429 g/mol. The molecule has 0 fully saturated rings. The predicted molar refractivity (Wildman–Crippen MR) is 94.2 cm³/mol. The van der Waals surface area contributed by atoms with Crippen LogP contribution in [0.2, 0.25) is 5.02 Å². The summed E-state index contributed by atoms with van der Waals surface area (Å²) in [5.41, 5.74) is 1.11. The molecule has 0 unspecified atom stereocenters. The zero-order chi connectivity index (χ0) is 15.5. The number of hydrogen-bond donors (Lipinski definition) is 1. The van der Waals surface area contributed by atoms with E-state index in [-0.39, 0.29) is 5.91 Å². The summed E-state index contributed by atoms with van der Waals surface area (Å²) < 4.78 is 12.1. The lowest BCUT2D eigenvalue weighted by Gasteiger charge is -2.13.